The first-order chi connectivity index (χ1) is 9.79. The Bertz CT molecular complexity index is 720. The molecule has 0 saturated carbocycles. The summed E-state index contributed by atoms with van der Waals surface area (Å²) < 4.78 is 15.2. The fraction of sp³-hybridized carbons (Fsp3) is 0.0714. The predicted octanol–water partition coefficient (Wildman–Crippen LogP) is 1.93. The molecule has 0 saturated heterocycles. The number of tetrazole rings is 1. The van der Waals surface area contributed by atoms with Crippen molar-refractivity contribution >= 4 is 0 Å². The van der Waals surface area contributed by atoms with Gasteiger partial charge in [-0.1, -0.05) is 36.4 Å². The molecule has 100 valence electrons. The molecule has 5 nitrogen and oxygen atoms in total. The number of para-hydroxylation sites is 1. The van der Waals surface area contributed by atoms with E-state index in [4.69, 9.17) is 5.73 Å². The third-order valence-electron chi connectivity index (χ3n) is 3.00. The molecule has 2 aromatic carbocycles. The summed E-state index contributed by atoms with van der Waals surface area (Å²) in [7, 11) is 0. The normalized spacial score (nSPS) is 10.7. The maximum atomic E-state index is 13.8. The lowest BCUT2D eigenvalue weighted by Crippen LogP contribution is -2.02. The van der Waals surface area contributed by atoms with Crippen LogP contribution in [0.5, 0.6) is 0 Å². The number of rotatable bonds is 3. The number of hydrogen-bond acceptors (Lipinski definition) is 4. The molecule has 2 N–H and O–H groups in total. The highest BCUT2D eigenvalue weighted by molar-refractivity contribution is 5.57. The number of hydrogen-bond donors (Lipinski definition) is 1. The van der Waals surface area contributed by atoms with E-state index >= 15 is 0 Å². The van der Waals surface area contributed by atoms with Gasteiger partial charge in [-0.2, -0.15) is 4.68 Å². The zero-order valence-corrected chi connectivity index (χ0v) is 10.6. The number of nitrogens with two attached hydrogens (primary N) is 1. The molecule has 0 aliphatic carbocycles. The van der Waals surface area contributed by atoms with Crippen LogP contribution < -0.4 is 5.73 Å². The zero-order chi connectivity index (χ0) is 13.9. The van der Waals surface area contributed by atoms with Crippen molar-refractivity contribution in [2.75, 3.05) is 0 Å². The fourth-order valence-electron chi connectivity index (χ4n) is 1.94. The van der Waals surface area contributed by atoms with Crippen LogP contribution in [0.15, 0.2) is 48.5 Å². The van der Waals surface area contributed by atoms with Gasteiger partial charge >= 0.3 is 0 Å². The largest absolute Gasteiger partial charge is 0.326 e. The molecule has 0 amide bonds. The van der Waals surface area contributed by atoms with E-state index in [9.17, 15) is 4.39 Å². The van der Waals surface area contributed by atoms with Gasteiger partial charge in [-0.05, 0) is 28.1 Å². The highest BCUT2D eigenvalue weighted by atomic mass is 19.1. The molecule has 1 aromatic heterocycles. The van der Waals surface area contributed by atoms with Crippen molar-refractivity contribution in [3.8, 4) is 17.1 Å². The summed E-state index contributed by atoms with van der Waals surface area (Å²) in [5.74, 6) is 0.110. The van der Waals surface area contributed by atoms with E-state index in [1.54, 1.807) is 18.2 Å². The predicted molar refractivity (Wildman–Crippen MR) is 72.4 cm³/mol. The van der Waals surface area contributed by atoms with Crippen LogP contribution >= 0.6 is 0 Å². The van der Waals surface area contributed by atoms with Gasteiger partial charge in [0.1, 0.15) is 11.5 Å². The lowest BCUT2D eigenvalue weighted by molar-refractivity contribution is 0.608. The summed E-state index contributed by atoms with van der Waals surface area (Å²) >= 11 is 0. The molecule has 0 radical (unpaired) electrons. The van der Waals surface area contributed by atoms with Gasteiger partial charge in [-0.15, -0.1) is 5.10 Å². The highest BCUT2D eigenvalue weighted by Crippen LogP contribution is 2.21. The topological polar surface area (TPSA) is 69.6 Å². The Kier molecular flexibility index (Phi) is 3.22. The molecule has 0 aliphatic heterocycles. The first-order valence-electron chi connectivity index (χ1n) is 6.12. The van der Waals surface area contributed by atoms with E-state index in [-0.39, 0.29) is 5.82 Å². The second-order valence-electron chi connectivity index (χ2n) is 4.27. The molecule has 0 spiro atoms. The number of nitrogens with zero attached hydrogens (tertiary/aromatic N) is 4. The van der Waals surface area contributed by atoms with Crippen LogP contribution in [-0.2, 0) is 6.54 Å². The van der Waals surface area contributed by atoms with Gasteiger partial charge in [-0.3, -0.25) is 0 Å². The van der Waals surface area contributed by atoms with Gasteiger partial charge in [0.05, 0.1) is 0 Å². The number of benzene rings is 2. The van der Waals surface area contributed by atoms with Crippen LogP contribution in [0.25, 0.3) is 17.1 Å². The third kappa shape index (κ3) is 2.17. The maximum Gasteiger partial charge on any atom is 0.187 e. The average Bonchev–Trinajstić information content (AvgIpc) is 2.97. The van der Waals surface area contributed by atoms with Crippen LogP contribution in [0.1, 0.15) is 5.56 Å². The van der Waals surface area contributed by atoms with Crippen molar-refractivity contribution in [2.45, 2.75) is 6.54 Å². The molecule has 0 unspecified atom stereocenters. The highest BCUT2D eigenvalue weighted by Gasteiger charge is 2.13. The minimum absolute atomic E-state index is 0.315. The Hall–Kier alpha value is -2.60. The van der Waals surface area contributed by atoms with Crippen LogP contribution in [-0.4, -0.2) is 20.2 Å². The number of halogens is 1. The Balaban J connectivity index is 2.08. The fourth-order valence-corrected chi connectivity index (χ4v) is 1.94. The molecule has 0 aliphatic rings. The molecule has 6 heteroatoms. The van der Waals surface area contributed by atoms with E-state index < -0.39 is 0 Å². The molecule has 3 aromatic rings. The van der Waals surface area contributed by atoms with E-state index in [0.717, 1.165) is 11.1 Å². The summed E-state index contributed by atoms with van der Waals surface area (Å²) in [4.78, 5) is 0. The number of aromatic nitrogens is 4. The van der Waals surface area contributed by atoms with E-state index in [2.05, 4.69) is 15.5 Å². The first-order valence-corrected chi connectivity index (χ1v) is 6.12. The lowest BCUT2D eigenvalue weighted by atomic mass is 10.1. The molecule has 0 fully saturated rings. The van der Waals surface area contributed by atoms with Gasteiger partial charge in [0.15, 0.2) is 5.82 Å². The Morgan fingerprint density at radius 1 is 1.05 bits per heavy atom. The van der Waals surface area contributed by atoms with Crippen LogP contribution in [0.4, 0.5) is 4.39 Å². The van der Waals surface area contributed by atoms with E-state index in [0.29, 0.717) is 18.1 Å². The quantitative estimate of drug-likeness (QED) is 0.788. The minimum Gasteiger partial charge on any atom is -0.326 e. The van der Waals surface area contributed by atoms with E-state index in [1.807, 2.05) is 24.3 Å². The molecular weight excluding hydrogens is 257 g/mol. The molecular formula is C14H12FN5. The molecule has 3 rings (SSSR count). The van der Waals surface area contributed by atoms with Gasteiger partial charge in [0, 0.05) is 12.1 Å². The summed E-state index contributed by atoms with van der Waals surface area (Å²) in [6.45, 7) is 0.471. The monoisotopic (exact) mass is 269 g/mol. The summed E-state index contributed by atoms with van der Waals surface area (Å²) in [6, 6.07) is 13.9. The van der Waals surface area contributed by atoms with Crippen LogP contribution in [0.3, 0.4) is 0 Å². The van der Waals surface area contributed by atoms with Crippen molar-refractivity contribution in [3.63, 3.8) is 0 Å². The average molecular weight is 269 g/mol. The molecule has 20 heavy (non-hydrogen) atoms. The van der Waals surface area contributed by atoms with Gasteiger partial charge in [0.25, 0.3) is 0 Å². The van der Waals surface area contributed by atoms with Gasteiger partial charge in [-0.25, -0.2) is 4.39 Å². The lowest BCUT2D eigenvalue weighted by Gasteiger charge is -2.06. The summed E-state index contributed by atoms with van der Waals surface area (Å²) in [5, 5.41) is 11.5. The molecule has 1 heterocycles. The third-order valence-corrected chi connectivity index (χ3v) is 3.00. The molecule has 0 atom stereocenters. The summed E-state index contributed by atoms with van der Waals surface area (Å²) in [6.07, 6.45) is 0. The van der Waals surface area contributed by atoms with Crippen molar-refractivity contribution < 1.29 is 4.39 Å². The first kappa shape index (κ1) is 12.4. The summed E-state index contributed by atoms with van der Waals surface area (Å²) in [5.41, 5.74) is 7.69. The Morgan fingerprint density at radius 3 is 2.50 bits per heavy atom. The van der Waals surface area contributed by atoms with Crippen molar-refractivity contribution in [1.82, 2.24) is 20.2 Å². The molecule has 0 bridgehead atoms. The van der Waals surface area contributed by atoms with Crippen molar-refractivity contribution in [3.05, 3.63) is 59.9 Å². The Morgan fingerprint density at radius 2 is 1.80 bits per heavy atom. The smallest absolute Gasteiger partial charge is 0.187 e. The Labute approximate surface area is 114 Å². The standard InChI is InChI=1S/C14H12FN5/c15-12-3-1-2-4-13(12)20-14(17-18-19-20)11-7-5-10(9-16)6-8-11/h1-8H,9,16H2. The van der Waals surface area contributed by atoms with Gasteiger partial charge < -0.3 is 5.73 Å². The van der Waals surface area contributed by atoms with Crippen molar-refractivity contribution in [1.29, 1.82) is 0 Å². The second-order valence-corrected chi connectivity index (χ2v) is 4.27. The zero-order valence-electron chi connectivity index (χ0n) is 10.6. The maximum absolute atomic E-state index is 13.8. The van der Waals surface area contributed by atoms with Crippen LogP contribution in [0, 0.1) is 5.82 Å². The minimum atomic E-state index is -0.375. The van der Waals surface area contributed by atoms with E-state index in [1.165, 1.54) is 10.7 Å². The SMILES string of the molecule is NCc1ccc(-c2nnnn2-c2ccccc2F)cc1. The van der Waals surface area contributed by atoms with Gasteiger partial charge in [0.2, 0.25) is 0 Å². The van der Waals surface area contributed by atoms with Crippen molar-refractivity contribution in [2.24, 2.45) is 5.73 Å². The second kappa shape index (κ2) is 5.18. The van der Waals surface area contributed by atoms with Crippen LogP contribution in [0.2, 0.25) is 0 Å².